The molecule has 1 aromatic rings. The van der Waals surface area contributed by atoms with Crippen LogP contribution in [0.25, 0.3) is 11.6 Å². The van der Waals surface area contributed by atoms with E-state index in [-0.39, 0.29) is 10.8 Å². The average molecular weight is 256 g/mol. The van der Waals surface area contributed by atoms with Gasteiger partial charge in [-0.3, -0.25) is 0 Å². The van der Waals surface area contributed by atoms with E-state index < -0.39 is 0 Å². The SMILES string of the molecule is COC(=O)C1=c2cc[nH]c2=CC(Br)C1. The number of fused-ring (bicyclic) bond motifs is 1. The molecule has 0 aliphatic heterocycles. The zero-order valence-corrected chi connectivity index (χ0v) is 9.30. The van der Waals surface area contributed by atoms with Gasteiger partial charge in [0.25, 0.3) is 0 Å². The lowest BCUT2D eigenvalue weighted by atomic mass is 10.0. The van der Waals surface area contributed by atoms with Crippen LogP contribution in [0.15, 0.2) is 12.3 Å². The molecule has 2 rings (SSSR count). The van der Waals surface area contributed by atoms with E-state index in [1.54, 1.807) is 0 Å². The van der Waals surface area contributed by atoms with Crippen molar-refractivity contribution in [2.45, 2.75) is 11.2 Å². The van der Waals surface area contributed by atoms with Crippen LogP contribution in [0.1, 0.15) is 6.42 Å². The molecule has 1 aromatic heterocycles. The van der Waals surface area contributed by atoms with Gasteiger partial charge in [-0.1, -0.05) is 15.9 Å². The fraction of sp³-hybridized carbons (Fsp3) is 0.300. The third kappa shape index (κ3) is 1.50. The predicted octanol–water partition coefficient (Wildman–Crippen LogP) is 0.286. The summed E-state index contributed by atoms with van der Waals surface area (Å²) in [7, 11) is 1.41. The third-order valence-electron chi connectivity index (χ3n) is 2.28. The number of ether oxygens (including phenoxy) is 1. The van der Waals surface area contributed by atoms with E-state index in [4.69, 9.17) is 4.74 Å². The minimum Gasteiger partial charge on any atom is -0.466 e. The summed E-state index contributed by atoms with van der Waals surface area (Å²) in [6, 6.07) is 1.90. The van der Waals surface area contributed by atoms with Crippen molar-refractivity contribution >= 4 is 33.5 Å². The minimum absolute atomic E-state index is 0.197. The molecule has 1 heterocycles. The molecule has 3 nitrogen and oxygen atoms in total. The number of rotatable bonds is 1. The van der Waals surface area contributed by atoms with Gasteiger partial charge in [0, 0.05) is 27.2 Å². The first-order chi connectivity index (χ1) is 6.72. The highest BCUT2D eigenvalue weighted by Gasteiger charge is 2.18. The Bertz CT molecular complexity index is 475. The first kappa shape index (κ1) is 9.52. The first-order valence-electron chi connectivity index (χ1n) is 4.33. The van der Waals surface area contributed by atoms with E-state index in [0.29, 0.717) is 6.42 Å². The van der Waals surface area contributed by atoms with Crippen LogP contribution in [-0.4, -0.2) is 22.9 Å². The van der Waals surface area contributed by atoms with Crippen LogP contribution in [0.3, 0.4) is 0 Å². The number of halogens is 1. The Labute approximate surface area is 89.6 Å². The van der Waals surface area contributed by atoms with Crippen molar-refractivity contribution in [1.82, 2.24) is 4.98 Å². The first-order valence-corrected chi connectivity index (χ1v) is 5.24. The maximum absolute atomic E-state index is 11.5. The van der Waals surface area contributed by atoms with Crippen LogP contribution in [0.4, 0.5) is 0 Å². The topological polar surface area (TPSA) is 42.1 Å². The zero-order chi connectivity index (χ0) is 10.1. The fourth-order valence-electron chi connectivity index (χ4n) is 1.64. The van der Waals surface area contributed by atoms with Crippen molar-refractivity contribution in [2.75, 3.05) is 7.11 Å². The number of carbonyl (C=O) groups is 1. The van der Waals surface area contributed by atoms with Gasteiger partial charge in [0.05, 0.1) is 7.11 Å². The smallest absolute Gasteiger partial charge is 0.334 e. The highest BCUT2D eigenvalue weighted by molar-refractivity contribution is 9.09. The monoisotopic (exact) mass is 255 g/mol. The van der Waals surface area contributed by atoms with Gasteiger partial charge in [0.2, 0.25) is 0 Å². The maximum atomic E-state index is 11.5. The Morgan fingerprint density at radius 2 is 2.50 bits per heavy atom. The predicted molar refractivity (Wildman–Crippen MR) is 57.3 cm³/mol. The molecule has 0 radical (unpaired) electrons. The molecule has 1 aliphatic rings. The molecule has 1 unspecified atom stereocenters. The molecule has 74 valence electrons. The van der Waals surface area contributed by atoms with E-state index in [9.17, 15) is 4.79 Å². The standard InChI is InChI=1S/C10H10BrNO2/c1-14-10(13)8-4-6(11)5-9-7(8)2-3-12-9/h2-3,5-6,12H,4H2,1H3. The molecule has 1 atom stereocenters. The normalized spacial score (nSPS) is 19.9. The second-order valence-electron chi connectivity index (χ2n) is 3.16. The van der Waals surface area contributed by atoms with Crippen molar-refractivity contribution < 1.29 is 9.53 Å². The van der Waals surface area contributed by atoms with E-state index in [1.165, 1.54) is 7.11 Å². The lowest BCUT2D eigenvalue weighted by Gasteiger charge is -2.10. The molecule has 0 aromatic carbocycles. The Hall–Kier alpha value is -1.03. The summed E-state index contributed by atoms with van der Waals surface area (Å²) in [6.45, 7) is 0. The van der Waals surface area contributed by atoms with Crippen LogP contribution < -0.4 is 10.6 Å². The van der Waals surface area contributed by atoms with Crippen molar-refractivity contribution in [1.29, 1.82) is 0 Å². The van der Waals surface area contributed by atoms with Crippen LogP contribution in [0.2, 0.25) is 0 Å². The second-order valence-corrected chi connectivity index (χ2v) is 4.34. The average Bonchev–Trinajstić information content (AvgIpc) is 2.62. The summed E-state index contributed by atoms with van der Waals surface area (Å²) in [6.07, 6.45) is 4.56. The highest BCUT2D eigenvalue weighted by Crippen LogP contribution is 2.16. The molecular weight excluding hydrogens is 246 g/mol. The van der Waals surface area contributed by atoms with Crippen LogP contribution in [0, 0.1) is 0 Å². The quantitative estimate of drug-likeness (QED) is 0.579. The molecular formula is C10H10BrNO2. The van der Waals surface area contributed by atoms with Crippen molar-refractivity contribution in [2.24, 2.45) is 0 Å². The Balaban J connectivity index is 2.66. The number of hydrogen-bond acceptors (Lipinski definition) is 2. The van der Waals surface area contributed by atoms with E-state index in [2.05, 4.69) is 27.0 Å². The Kier molecular flexibility index (Phi) is 2.46. The number of nitrogens with one attached hydrogen (secondary N) is 1. The van der Waals surface area contributed by atoms with E-state index in [1.807, 2.05) is 12.3 Å². The van der Waals surface area contributed by atoms with E-state index >= 15 is 0 Å². The molecule has 0 amide bonds. The lowest BCUT2D eigenvalue weighted by molar-refractivity contribution is -0.134. The van der Waals surface area contributed by atoms with Gasteiger partial charge in [0.1, 0.15) is 0 Å². The molecule has 14 heavy (non-hydrogen) atoms. The minimum atomic E-state index is -0.247. The van der Waals surface area contributed by atoms with Crippen LogP contribution in [0.5, 0.6) is 0 Å². The number of aromatic nitrogens is 1. The summed E-state index contributed by atoms with van der Waals surface area (Å²) in [4.78, 5) is 14.7. The van der Waals surface area contributed by atoms with Gasteiger partial charge in [-0.05, 0) is 18.6 Å². The number of esters is 1. The van der Waals surface area contributed by atoms with Gasteiger partial charge >= 0.3 is 5.97 Å². The molecule has 0 saturated carbocycles. The van der Waals surface area contributed by atoms with Gasteiger partial charge in [0.15, 0.2) is 0 Å². The molecule has 1 aliphatic carbocycles. The van der Waals surface area contributed by atoms with E-state index in [0.717, 1.165) is 16.1 Å². The number of H-pyrrole nitrogens is 1. The van der Waals surface area contributed by atoms with Crippen LogP contribution in [-0.2, 0) is 9.53 Å². The summed E-state index contributed by atoms with van der Waals surface area (Å²) < 4.78 is 4.74. The molecule has 0 saturated heterocycles. The zero-order valence-electron chi connectivity index (χ0n) is 7.71. The second kappa shape index (κ2) is 3.61. The number of aromatic amines is 1. The molecule has 1 N–H and O–H groups in total. The highest BCUT2D eigenvalue weighted by atomic mass is 79.9. The number of hydrogen-bond donors (Lipinski definition) is 1. The molecule has 0 bridgehead atoms. The fourth-order valence-corrected chi connectivity index (χ4v) is 2.23. The van der Waals surface area contributed by atoms with Crippen LogP contribution >= 0.6 is 15.9 Å². The van der Waals surface area contributed by atoms with Crippen molar-refractivity contribution in [3.05, 3.63) is 22.8 Å². The van der Waals surface area contributed by atoms with Gasteiger partial charge in [-0.15, -0.1) is 0 Å². The lowest BCUT2D eigenvalue weighted by Crippen LogP contribution is -2.33. The van der Waals surface area contributed by atoms with Gasteiger partial charge < -0.3 is 9.72 Å². The maximum Gasteiger partial charge on any atom is 0.334 e. The molecule has 0 spiro atoms. The molecule has 0 fully saturated rings. The van der Waals surface area contributed by atoms with Gasteiger partial charge in [-0.25, -0.2) is 4.79 Å². The Morgan fingerprint density at radius 3 is 3.21 bits per heavy atom. The molecule has 4 heteroatoms. The summed E-state index contributed by atoms with van der Waals surface area (Å²) in [5.41, 5.74) is 0.730. The summed E-state index contributed by atoms with van der Waals surface area (Å²) in [5, 5.41) is 1.94. The third-order valence-corrected chi connectivity index (χ3v) is 2.87. The summed E-state index contributed by atoms with van der Waals surface area (Å²) in [5.74, 6) is -0.247. The number of carbonyl (C=O) groups excluding carboxylic acids is 1. The van der Waals surface area contributed by atoms with Crippen molar-refractivity contribution in [3.8, 4) is 0 Å². The van der Waals surface area contributed by atoms with Gasteiger partial charge in [-0.2, -0.15) is 0 Å². The number of alkyl halides is 1. The number of methoxy groups -OCH3 is 1. The Morgan fingerprint density at radius 1 is 1.71 bits per heavy atom. The largest absolute Gasteiger partial charge is 0.466 e. The van der Waals surface area contributed by atoms with Crippen molar-refractivity contribution in [3.63, 3.8) is 0 Å². The summed E-state index contributed by atoms with van der Waals surface area (Å²) >= 11 is 3.48.